The standard InChI is InChI=1S/C10H14ClN3O2/c1-15-10-13-5-8(11)9(14-10)12-4-7-2-3-16-6-7/h5,7H,2-4,6H2,1H3,(H,12,13,14). The molecule has 5 nitrogen and oxygen atoms in total. The van der Waals surface area contributed by atoms with Gasteiger partial charge in [0.1, 0.15) is 5.02 Å². The Balaban J connectivity index is 1.96. The Hall–Kier alpha value is -1.07. The summed E-state index contributed by atoms with van der Waals surface area (Å²) < 4.78 is 10.2. The maximum absolute atomic E-state index is 5.96. The molecule has 0 spiro atoms. The van der Waals surface area contributed by atoms with Crippen LogP contribution < -0.4 is 10.1 Å². The molecule has 1 aliphatic heterocycles. The molecule has 0 aromatic carbocycles. The minimum Gasteiger partial charge on any atom is -0.467 e. The largest absolute Gasteiger partial charge is 0.467 e. The third-order valence-electron chi connectivity index (χ3n) is 2.49. The average Bonchev–Trinajstić information content (AvgIpc) is 2.81. The second-order valence-electron chi connectivity index (χ2n) is 3.66. The Labute approximate surface area is 99.1 Å². The molecule has 16 heavy (non-hydrogen) atoms. The van der Waals surface area contributed by atoms with Crippen LogP contribution in [0.1, 0.15) is 6.42 Å². The van der Waals surface area contributed by atoms with E-state index in [4.69, 9.17) is 21.1 Å². The fourth-order valence-electron chi connectivity index (χ4n) is 1.56. The third-order valence-corrected chi connectivity index (χ3v) is 2.76. The highest BCUT2D eigenvalue weighted by Gasteiger charge is 2.16. The third kappa shape index (κ3) is 2.74. The average molecular weight is 244 g/mol. The van der Waals surface area contributed by atoms with Crippen LogP contribution in [-0.4, -0.2) is 36.8 Å². The lowest BCUT2D eigenvalue weighted by Gasteiger charge is -2.11. The minimum absolute atomic E-state index is 0.314. The van der Waals surface area contributed by atoms with Crippen molar-refractivity contribution >= 4 is 17.4 Å². The van der Waals surface area contributed by atoms with Crippen LogP contribution in [0.25, 0.3) is 0 Å². The zero-order chi connectivity index (χ0) is 11.4. The molecule has 2 rings (SSSR count). The van der Waals surface area contributed by atoms with E-state index in [2.05, 4.69) is 15.3 Å². The maximum atomic E-state index is 5.96. The van der Waals surface area contributed by atoms with Crippen LogP contribution in [0.15, 0.2) is 6.20 Å². The minimum atomic E-state index is 0.314. The van der Waals surface area contributed by atoms with Crippen molar-refractivity contribution in [1.29, 1.82) is 0 Å². The summed E-state index contributed by atoms with van der Waals surface area (Å²) in [5.74, 6) is 1.14. The summed E-state index contributed by atoms with van der Waals surface area (Å²) in [5.41, 5.74) is 0. The highest BCUT2D eigenvalue weighted by Crippen LogP contribution is 2.21. The molecule has 1 unspecified atom stereocenters. The number of halogens is 1. The first-order chi connectivity index (χ1) is 7.79. The molecule has 1 aromatic heterocycles. The molecule has 2 heterocycles. The molecule has 1 aliphatic rings. The Bertz CT molecular complexity index is 356. The van der Waals surface area contributed by atoms with Gasteiger partial charge in [-0.3, -0.25) is 0 Å². The number of nitrogens with zero attached hydrogens (tertiary/aromatic N) is 2. The van der Waals surface area contributed by atoms with E-state index >= 15 is 0 Å². The summed E-state index contributed by atoms with van der Waals surface area (Å²) in [6, 6.07) is 0.314. The molecule has 0 amide bonds. The van der Waals surface area contributed by atoms with Crippen molar-refractivity contribution in [2.75, 3.05) is 32.2 Å². The van der Waals surface area contributed by atoms with Crippen molar-refractivity contribution in [3.63, 3.8) is 0 Å². The number of anilines is 1. The molecule has 88 valence electrons. The quantitative estimate of drug-likeness (QED) is 0.870. The lowest BCUT2D eigenvalue weighted by atomic mass is 10.1. The molecule has 6 heteroatoms. The summed E-state index contributed by atoms with van der Waals surface area (Å²) >= 11 is 5.96. The highest BCUT2D eigenvalue weighted by molar-refractivity contribution is 6.32. The lowest BCUT2D eigenvalue weighted by molar-refractivity contribution is 0.187. The van der Waals surface area contributed by atoms with Crippen LogP contribution in [0.4, 0.5) is 5.82 Å². The van der Waals surface area contributed by atoms with E-state index in [1.807, 2.05) is 0 Å². The molecule has 1 fully saturated rings. The van der Waals surface area contributed by atoms with Gasteiger partial charge in [-0.1, -0.05) is 11.6 Å². The van der Waals surface area contributed by atoms with Crippen LogP contribution >= 0.6 is 11.6 Å². The molecule has 0 bridgehead atoms. The molecule has 1 aromatic rings. The first-order valence-electron chi connectivity index (χ1n) is 5.17. The number of methoxy groups -OCH3 is 1. The van der Waals surface area contributed by atoms with Crippen molar-refractivity contribution in [1.82, 2.24) is 9.97 Å². The van der Waals surface area contributed by atoms with Crippen LogP contribution in [0.2, 0.25) is 5.02 Å². The second kappa shape index (κ2) is 5.32. The van der Waals surface area contributed by atoms with Gasteiger partial charge in [0.2, 0.25) is 0 Å². The summed E-state index contributed by atoms with van der Waals surface area (Å²) in [5, 5.41) is 3.69. The summed E-state index contributed by atoms with van der Waals surface area (Å²) in [7, 11) is 1.53. The van der Waals surface area contributed by atoms with E-state index in [9.17, 15) is 0 Å². The van der Waals surface area contributed by atoms with E-state index in [1.54, 1.807) is 0 Å². The monoisotopic (exact) mass is 243 g/mol. The van der Waals surface area contributed by atoms with Gasteiger partial charge in [0.05, 0.1) is 19.9 Å². The van der Waals surface area contributed by atoms with E-state index < -0.39 is 0 Å². The topological polar surface area (TPSA) is 56.3 Å². The van der Waals surface area contributed by atoms with E-state index in [1.165, 1.54) is 13.3 Å². The zero-order valence-electron chi connectivity index (χ0n) is 9.07. The maximum Gasteiger partial charge on any atom is 0.318 e. The number of hydrogen-bond donors (Lipinski definition) is 1. The normalized spacial score (nSPS) is 19.8. The highest BCUT2D eigenvalue weighted by atomic mass is 35.5. The van der Waals surface area contributed by atoms with Gasteiger partial charge in [-0.25, -0.2) is 4.98 Å². The van der Waals surface area contributed by atoms with Gasteiger partial charge in [0.25, 0.3) is 0 Å². The molecule has 1 atom stereocenters. The predicted molar refractivity (Wildman–Crippen MR) is 61.0 cm³/mol. The van der Waals surface area contributed by atoms with Gasteiger partial charge >= 0.3 is 6.01 Å². The first kappa shape index (κ1) is 11.4. The predicted octanol–water partition coefficient (Wildman–Crippen LogP) is 1.59. The Morgan fingerprint density at radius 2 is 2.56 bits per heavy atom. The van der Waals surface area contributed by atoms with Crippen molar-refractivity contribution in [2.24, 2.45) is 5.92 Å². The van der Waals surface area contributed by atoms with Crippen LogP contribution in [0.5, 0.6) is 6.01 Å². The molecular weight excluding hydrogens is 230 g/mol. The van der Waals surface area contributed by atoms with Crippen LogP contribution in [0.3, 0.4) is 0 Å². The van der Waals surface area contributed by atoms with Gasteiger partial charge in [0, 0.05) is 19.1 Å². The van der Waals surface area contributed by atoms with Crippen molar-refractivity contribution in [3.05, 3.63) is 11.2 Å². The van der Waals surface area contributed by atoms with Crippen molar-refractivity contribution in [3.8, 4) is 6.01 Å². The Morgan fingerprint density at radius 3 is 3.25 bits per heavy atom. The number of nitrogens with one attached hydrogen (secondary N) is 1. The SMILES string of the molecule is COc1ncc(Cl)c(NCC2CCOC2)n1. The van der Waals surface area contributed by atoms with Crippen LogP contribution in [-0.2, 0) is 4.74 Å². The molecule has 1 N–H and O–H groups in total. The van der Waals surface area contributed by atoms with E-state index in [0.29, 0.717) is 22.8 Å². The number of rotatable bonds is 4. The molecule has 0 radical (unpaired) electrons. The van der Waals surface area contributed by atoms with Crippen molar-refractivity contribution < 1.29 is 9.47 Å². The van der Waals surface area contributed by atoms with E-state index in [-0.39, 0.29) is 0 Å². The summed E-state index contributed by atoms with van der Waals surface area (Å²) in [4.78, 5) is 8.04. The Kier molecular flexibility index (Phi) is 3.79. The lowest BCUT2D eigenvalue weighted by Crippen LogP contribution is -2.15. The fraction of sp³-hybridized carbons (Fsp3) is 0.600. The van der Waals surface area contributed by atoms with Gasteiger partial charge in [0.15, 0.2) is 5.82 Å². The Morgan fingerprint density at radius 1 is 1.69 bits per heavy atom. The second-order valence-corrected chi connectivity index (χ2v) is 4.07. The summed E-state index contributed by atoms with van der Waals surface area (Å²) in [6.45, 7) is 2.44. The first-order valence-corrected chi connectivity index (χ1v) is 5.55. The van der Waals surface area contributed by atoms with Gasteiger partial charge < -0.3 is 14.8 Å². The molecule has 0 saturated carbocycles. The van der Waals surface area contributed by atoms with Gasteiger partial charge in [-0.15, -0.1) is 0 Å². The van der Waals surface area contributed by atoms with Gasteiger partial charge in [-0.2, -0.15) is 4.98 Å². The molecule has 1 saturated heterocycles. The van der Waals surface area contributed by atoms with E-state index in [0.717, 1.165) is 26.2 Å². The number of hydrogen-bond acceptors (Lipinski definition) is 5. The van der Waals surface area contributed by atoms with Crippen molar-refractivity contribution in [2.45, 2.75) is 6.42 Å². The smallest absolute Gasteiger partial charge is 0.318 e. The molecule has 0 aliphatic carbocycles. The van der Waals surface area contributed by atoms with Gasteiger partial charge in [-0.05, 0) is 6.42 Å². The van der Waals surface area contributed by atoms with Crippen LogP contribution in [0, 0.1) is 5.92 Å². The number of ether oxygens (including phenoxy) is 2. The fourth-order valence-corrected chi connectivity index (χ4v) is 1.72. The summed E-state index contributed by atoms with van der Waals surface area (Å²) in [6.07, 6.45) is 2.60. The number of aromatic nitrogens is 2. The molecular formula is C10H14ClN3O2. The zero-order valence-corrected chi connectivity index (χ0v) is 9.83.